The van der Waals surface area contributed by atoms with Crippen LogP contribution in [0.15, 0.2) is 186 Å². The fourth-order valence-corrected chi connectivity index (χ4v) is 7.86. The zero-order valence-electron chi connectivity index (χ0n) is 29.0. The summed E-state index contributed by atoms with van der Waals surface area (Å²) in [6, 6.07) is 63.4. The Morgan fingerprint density at radius 2 is 0.907 bits per heavy atom. The van der Waals surface area contributed by atoms with E-state index in [1.165, 1.54) is 32.7 Å². The van der Waals surface area contributed by atoms with E-state index in [2.05, 4.69) is 120 Å². The Balaban J connectivity index is 1.07. The SMILES string of the molecule is c1ccc(-c2ccc3c(c2)c2c4ccccc4ccc2n3-c2ccc3c(c2)oc2cc(-c4nc(-c5ccccc5)nc(-c5ccccc5)n4)ccc23)cc1. The highest BCUT2D eigenvalue weighted by atomic mass is 16.3. The number of fused-ring (bicyclic) bond motifs is 8. The molecule has 0 radical (unpaired) electrons. The van der Waals surface area contributed by atoms with Crippen molar-refractivity contribution in [2.45, 2.75) is 0 Å². The molecule has 0 saturated heterocycles. The van der Waals surface area contributed by atoms with Gasteiger partial charge in [-0.1, -0.05) is 133 Å². The van der Waals surface area contributed by atoms with Crippen LogP contribution in [0.3, 0.4) is 0 Å². The van der Waals surface area contributed by atoms with E-state index in [1.807, 2.05) is 66.7 Å². The van der Waals surface area contributed by atoms with Gasteiger partial charge in [-0.05, 0) is 64.4 Å². The third kappa shape index (κ3) is 4.90. The van der Waals surface area contributed by atoms with Gasteiger partial charge in [0.25, 0.3) is 0 Å². The minimum atomic E-state index is 0.595. The molecule has 0 aliphatic heterocycles. The molecule has 252 valence electrons. The summed E-state index contributed by atoms with van der Waals surface area (Å²) in [5, 5.41) is 7.04. The molecule has 0 N–H and O–H groups in total. The number of benzene rings is 8. The van der Waals surface area contributed by atoms with Crippen molar-refractivity contribution in [2.24, 2.45) is 0 Å². The Morgan fingerprint density at radius 3 is 1.61 bits per heavy atom. The van der Waals surface area contributed by atoms with Crippen LogP contribution in [0.5, 0.6) is 0 Å². The van der Waals surface area contributed by atoms with E-state index < -0.39 is 0 Å². The van der Waals surface area contributed by atoms with Crippen molar-refractivity contribution in [3.8, 4) is 51.0 Å². The smallest absolute Gasteiger partial charge is 0.164 e. The van der Waals surface area contributed by atoms with Crippen LogP contribution in [0.4, 0.5) is 0 Å². The molecule has 11 rings (SSSR count). The van der Waals surface area contributed by atoms with E-state index in [9.17, 15) is 0 Å². The zero-order valence-corrected chi connectivity index (χ0v) is 29.0. The molecule has 0 aliphatic rings. The van der Waals surface area contributed by atoms with Gasteiger partial charge >= 0.3 is 0 Å². The summed E-state index contributed by atoms with van der Waals surface area (Å²) in [5.74, 6) is 1.85. The Bertz CT molecular complexity index is 3140. The average Bonchev–Trinajstić information content (AvgIpc) is 3.79. The first kappa shape index (κ1) is 30.3. The Labute approximate surface area is 310 Å². The van der Waals surface area contributed by atoms with Gasteiger partial charge < -0.3 is 8.98 Å². The molecular weight excluding hydrogens is 661 g/mol. The quantitative estimate of drug-likeness (QED) is 0.180. The second-order valence-corrected chi connectivity index (χ2v) is 13.6. The molecule has 0 amide bonds. The van der Waals surface area contributed by atoms with Gasteiger partial charge in [-0.3, -0.25) is 0 Å². The average molecular weight is 691 g/mol. The standard InChI is InChI=1S/C49H30N4O/c1-4-12-31(13-5-1)35-22-26-42-41(28-35)46-38-19-11-10-14-32(38)21-27-43(46)53(42)37-23-25-40-39-24-20-36(29-44(39)54-45(40)30-37)49-51-47(33-15-6-2-7-16-33)50-48(52-49)34-17-8-3-9-18-34/h1-30H. The Morgan fingerprint density at radius 1 is 0.352 bits per heavy atom. The van der Waals surface area contributed by atoms with E-state index in [0.29, 0.717) is 17.5 Å². The largest absolute Gasteiger partial charge is 0.456 e. The third-order valence-electron chi connectivity index (χ3n) is 10.4. The predicted octanol–water partition coefficient (Wildman–Crippen LogP) is 12.7. The second kappa shape index (κ2) is 12.1. The molecule has 8 aromatic carbocycles. The predicted molar refractivity (Wildman–Crippen MR) is 221 cm³/mol. The van der Waals surface area contributed by atoms with Crippen molar-refractivity contribution in [2.75, 3.05) is 0 Å². The molecule has 0 aliphatic carbocycles. The number of rotatable bonds is 5. The normalized spacial score (nSPS) is 11.7. The molecular formula is C49H30N4O. The first-order valence-corrected chi connectivity index (χ1v) is 18.1. The molecule has 54 heavy (non-hydrogen) atoms. The molecule has 11 aromatic rings. The van der Waals surface area contributed by atoms with Crippen LogP contribution in [0.25, 0.3) is 105 Å². The molecule has 0 fully saturated rings. The number of aromatic nitrogens is 4. The number of hydrogen-bond acceptors (Lipinski definition) is 4. The van der Waals surface area contributed by atoms with Crippen LogP contribution in [-0.4, -0.2) is 19.5 Å². The lowest BCUT2D eigenvalue weighted by Crippen LogP contribution is -2.00. The van der Waals surface area contributed by atoms with Crippen molar-refractivity contribution in [3.05, 3.63) is 182 Å². The van der Waals surface area contributed by atoms with E-state index in [1.54, 1.807) is 0 Å². The van der Waals surface area contributed by atoms with Crippen LogP contribution in [0.2, 0.25) is 0 Å². The molecule has 3 aromatic heterocycles. The maximum Gasteiger partial charge on any atom is 0.164 e. The van der Waals surface area contributed by atoms with Gasteiger partial charge in [0.05, 0.1) is 11.0 Å². The van der Waals surface area contributed by atoms with Crippen LogP contribution in [-0.2, 0) is 0 Å². The fourth-order valence-electron chi connectivity index (χ4n) is 7.86. The minimum Gasteiger partial charge on any atom is -0.456 e. The first-order valence-electron chi connectivity index (χ1n) is 18.1. The van der Waals surface area contributed by atoms with E-state index in [4.69, 9.17) is 19.4 Å². The van der Waals surface area contributed by atoms with Gasteiger partial charge in [-0.25, -0.2) is 15.0 Å². The van der Waals surface area contributed by atoms with Gasteiger partial charge in [0, 0.05) is 50.0 Å². The second-order valence-electron chi connectivity index (χ2n) is 13.6. The highest BCUT2D eigenvalue weighted by Gasteiger charge is 2.18. The molecule has 0 unspecified atom stereocenters. The fraction of sp³-hybridized carbons (Fsp3) is 0. The molecule has 5 heteroatoms. The van der Waals surface area contributed by atoms with Crippen molar-refractivity contribution in [1.82, 2.24) is 19.5 Å². The van der Waals surface area contributed by atoms with E-state index >= 15 is 0 Å². The molecule has 5 nitrogen and oxygen atoms in total. The lowest BCUT2D eigenvalue weighted by atomic mass is 10.0. The van der Waals surface area contributed by atoms with Crippen molar-refractivity contribution < 1.29 is 4.42 Å². The summed E-state index contributed by atoms with van der Waals surface area (Å²) < 4.78 is 9.04. The van der Waals surface area contributed by atoms with Gasteiger partial charge in [-0.2, -0.15) is 0 Å². The van der Waals surface area contributed by atoms with E-state index in [-0.39, 0.29) is 0 Å². The lowest BCUT2D eigenvalue weighted by molar-refractivity contribution is 0.668. The molecule has 0 spiro atoms. The van der Waals surface area contributed by atoms with Crippen LogP contribution < -0.4 is 0 Å². The van der Waals surface area contributed by atoms with Crippen molar-refractivity contribution >= 4 is 54.5 Å². The highest BCUT2D eigenvalue weighted by molar-refractivity contribution is 6.22. The zero-order chi connectivity index (χ0) is 35.6. The topological polar surface area (TPSA) is 56.7 Å². The van der Waals surface area contributed by atoms with Gasteiger partial charge in [-0.15, -0.1) is 0 Å². The number of furan rings is 1. The van der Waals surface area contributed by atoms with Gasteiger partial charge in [0.15, 0.2) is 17.5 Å². The first-order chi connectivity index (χ1) is 26.7. The number of nitrogens with zero attached hydrogens (tertiary/aromatic N) is 4. The Hall–Kier alpha value is -7.37. The molecule has 0 saturated carbocycles. The van der Waals surface area contributed by atoms with Crippen molar-refractivity contribution in [3.63, 3.8) is 0 Å². The van der Waals surface area contributed by atoms with Crippen LogP contribution in [0, 0.1) is 0 Å². The summed E-state index contributed by atoms with van der Waals surface area (Å²) >= 11 is 0. The maximum atomic E-state index is 6.67. The lowest BCUT2D eigenvalue weighted by Gasteiger charge is -2.09. The monoisotopic (exact) mass is 690 g/mol. The third-order valence-corrected chi connectivity index (χ3v) is 10.4. The van der Waals surface area contributed by atoms with Crippen LogP contribution in [0.1, 0.15) is 0 Å². The summed E-state index contributed by atoms with van der Waals surface area (Å²) in [7, 11) is 0. The van der Waals surface area contributed by atoms with Crippen LogP contribution >= 0.6 is 0 Å². The maximum absolute atomic E-state index is 6.67. The van der Waals surface area contributed by atoms with Crippen molar-refractivity contribution in [1.29, 1.82) is 0 Å². The Kier molecular flexibility index (Phi) is 6.79. The summed E-state index contributed by atoms with van der Waals surface area (Å²) in [6.45, 7) is 0. The van der Waals surface area contributed by atoms with Gasteiger partial charge in [0.2, 0.25) is 0 Å². The minimum absolute atomic E-state index is 0.595. The molecule has 0 bridgehead atoms. The van der Waals surface area contributed by atoms with E-state index in [0.717, 1.165) is 55.3 Å². The summed E-state index contributed by atoms with van der Waals surface area (Å²) in [5.41, 5.74) is 10.1. The molecule has 3 heterocycles. The molecule has 0 atom stereocenters. The summed E-state index contributed by atoms with van der Waals surface area (Å²) in [4.78, 5) is 14.8. The highest BCUT2D eigenvalue weighted by Crippen LogP contribution is 2.40. The van der Waals surface area contributed by atoms with Gasteiger partial charge in [0.1, 0.15) is 11.2 Å². The number of hydrogen-bond donors (Lipinski definition) is 0. The summed E-state index contributed by atoms with van der Waals surface area (Å²) in [6.07, 6.45) is 0.